The number of hydrogen-bond donors (Lipinski definition) is 1. The van der Waals surface area contributed by atoms with E-state index < -0.39 is 5.97 Å². The van der Waals surface area contributed by atoms with Gasteiger partial charge in [-0.2, -0.15) is 0 Å². The first-order chi connectivity index (χ1) is 9.65. The van der Waals surface area contributed by atoms with Crippen LogP contribution in [0.5, 0.6) is 5.75 Å². The Morgan fingerprint density at radius 1 is 1.35 bits per heavy atom. The van der Waals surface area contributed by atoms with Crippen molar-refractivity contribution in [2.24, 2.45) is 0 Å². The van der Waals surface area contributed by atoms with E-state index in [0.717, 1.165) is 23.6 Å². The third-order valence-electron chi connectivity index (χ3n) is 3.18. The van der Waals surface area contributed by atoms with Crippen LogP contribution in [0.25, 0.3) is 10.8 Å². The summed E-state index contributed by atoms with van der Waals surface area (Å²) in [5.41, 5.74) is 0.187. The van der Waals surface area contributed by atoms with Gasteiger partial charge in [0.25, 0.3) is 0 Å². The average Bonchev–Trinajstić information content (AvgIpc) is 2.45. The number of phenols is 1. The molecular formula is C17H18O3. The second kappa shape index (κ2) is 6.24. The van der Waals surface area contributed by atoms with Crippen LogP contribution in [0.2, 0.25) is 0 Å². The first-order valence-electron chi connectivity index (χ1n) is 6.71. The number of esters is 1. The van der Waals surface area contributed by atoms with E-state index in [-0.39, 0.29) is 17.4 Å². The van der Waals surface area contributed by atoms with Gasteiger partial charge < -0.3 is 9.84 Å². The van der Waals surface area contributed by atoms with Crippen molar-refractivity contribution in [1.29, 1.82) is 0 Å². The Kier molecular flexibility index (Phi) is 4.41. The number of ether oxygens (including phenoxy) is 1. The molecule has 0 aromatic heterocycles. The number of hydrogen-bond acceptors (Lipinski definition) is 3. The number of aromatic hydroxyl groups is 1. The zero-order chi connectivity index (χ0) is 14.5. The van der Waals surface area contributed by atoms with Crippen LogP contribution < -0.4 is 0 Å². The number of carbonyl (C=O) groups excluding carboxylic acids is 1. The highest BCUT2D eigenvalue weighted by atomic mass is 16.5. The van der Waals surface area contributed by atoms with Gasteiger partial charge in [0.1, 0.15) is 17.4 Å². The van der Waals surface area contributed by atoms with E-state index in [1.54, 1.807) is 18.2 Å². The van der Waals surface area contributed by atoms with Crippen molar-refractivity contribution in [1.82, 2.24) is 0 Å². The van der Waals surface area contributed by atoms with Gasteiger partial charge in [0.2, 0.25) is 0 Å². The van der Waals surface area contributed by atoms with E-state index in [9.17, 15) is 9.90 Å². The maximum Gasteiger partial charge on any atom is 0.342 e. The van der Waals surface area contributed by atoms with Crippen molar-refractivity contribution in [2.75, 3.05) is 0 Å². The minimum Gasteiger partial charge on any atom is -0.507 e. The third-order valence-corrected chi connectivity index (χ3v) is 3.18. The molecule has 3 heteroatoms. The van der Waals surface area contributed by atoms with E-state index in [1.165, 1.54) is 0 Å². The van der Waals surface area contributed by atoms with Crippen LogP contribution in [0.15, 0.2) is 49.1 Å². The molecule has 0 aliphatic rings. The molecule has 0 bridgehead atoms. The normalized spacial score (nSPS) is 12.1. The van der Waals surface area contributed by atoms with E-state index in [4.69, 9.17) is 4.74 Å². The van der Waals surface area contributed by atoms with Gasteiger partial charge in [-0.25, -0.2) is 4.79 Å². The lowest BCUT2D eigenvalue weighted by molar-refractivity contribution is 0.0377. The Hall–Kier alpha value is -2.29. The SMILES string of the molecule is C=CC(CCC)OC(=O)c1cc2ccccc2cc1O. The van der Waals surface area contributed by atoms with Crippen LogP contribution >= 0.6 is 0 Å². The molecule has 3 nitrogen and oxygen atoms in total. The molecule has 0 fully saturated rings. The summed E-state index contributed by atoms with van der Waals surface area (Å²) in [4.78, 5) is 12.1. The second-order valence-corrected chi connectivity index (χ2v) is 4.68. The molecule has 0 saturated heterocycles. The van der Waals surface area contributed by atoms with Crippen LogP contribution in [0.3, 0.4) is 0 Å². The van der Waals surface area contributed by atoms with Crippen molar-refractivity contribution in [3.05, 3.63) is 54.6 Å². The van der Waals surface area contributed by atoms with Gasteiger partial charge in [-0.05, 0) is 29.3 Å². The maximum absolute atomic E-state index is 12.1. The largest absolute Gasteiger partial charge is 0.507 e. The summed E-state index contributed by atoms with van der Waals surface area (Å²) in [5.74, 6) is -0.584. The molecule has 0 saturated carbocycles. The first-order valence-corrected chi connectivity index (χ1v) is 6.71. The van der Waals surface area contributed by atoms with Crippen LogP contribution in [0.1, 0.15) is 30.1 Å². The number of phenolic OH excluding ortho intramolecular Hbond substituents is 1. The van der Waals surface area contributed by atoms with Gasteiger partial charge in [0, 0.05) is 0 Å². The Morgan fingerprint density at radius 3 is 2.60 bits per heavy atom. The van der Waals surface area contributed by atoms with Crippen LogP contribution in [0.4, 0.5) is 0 Å². The standard InChI is InChI=1S/C17H18O3/c1-3-7-14(4-2)20-17(19)15-10-12-8-5-6-9-13(12)11-16(15)18/h4-6,8-11,14,18H,2-3,7H2,1H3. The van der Waals surface area contributed by atoms with Crippen molar-refractivity contribution in [3.63, 3.8) is 0 Å². The van der Waals surface area contributed by atoms with Crippen LogP contribution in [0, 0.1) is 0 Å². The van der Waals surface area contributed by atoms with E-state index in [0.29, 0.717) is 0 Å². The molecule has 2 aromatic rings. The van der Waals surface area contributed by atoms with E-state index >= 15 is 0 Å². The summed E-state index contributed by atoms with van der Waals surface area (Å²) in [6.45, 7) is 5.67. The Labute approximate surface area is 118 Å². The van der Waals surface area contributed by atoms with Crippen LogP contribution in [-0.2, 0) is 4.74 Å². The fourth-order valence-electron chi connectivity index (χ4n) is 2.10. The summed E-state index contributed by atoms with van der Waals surface area (Å²) in [7, 11) is 0. The predicted octanol–water partition coefficient (Wildman–Crippen LogP) is 4.06. The molecule has 104 valence electrons. The van der Waals surface area contributed by atoms with Gasteiger partial charge >= 0.3 is 5.97 Å². The van der Waals surface area contributed by atoms with Crippen molar-refractivity contribution in [2.45, 2.75) is 25.9 Å². The van der Waals surface area contributed by atoms with Gasteiger partial charge in [0.15, 0.2) is 0 Å². The second-order valence-electron chi connectivity index (χ2n) is 4.68. The van der Waals surface area contributed by atoms with E-state index in [2.05, 4.69) is 6.58 Å². The quantitative estimate of drug-likeness (QED) is 0.658. The fourth-order valence-corrected chi connectivity index (χ4v) is 2.10. The summed E-state index contributed by atoms with van der Waals surface area (Å²) < 4.78 is 5.34. The molecule has 0 radical (unpaired) electrons. The van der Waals surface area contributed by atoms with Gasteiger partial charge in [-0.1, -0.05) is 50.3 Å². The van der Waals surface area contributed by atoms with E-state index in [1.807, 2.05) is 31.2 Å². The number of benzene rings is 2. The molecule has 1 unspecified atom stereocenters. The highest BCUT2D eigenvalue weighted by Gasteiger charge is 2.17. The third kappa shape index (κ3) is 2.99. The molecule has 1 N–H and O–H groups in total. The number of rotatable bonds is 5. The van der Waals surface area contributed by atoms with Crippen molar-refractivity contribution in [3.8, 4) is 5.75 Å². The first kappa shape index (κ1) is 14.1. The molecule has 0 aliphatic carbocycles. The maximum atomic E-state index is 12.1. The summed E-state index contributed by atoms with van der Waals surface area (Å²) in [5, 5.41) is 11.7. The lowest BCUT2D eigenvalue weighted by atomic mass is 10.1. The summed E-state index contributed by atoms with van der Waals surface area (Å²) >= 11 is 0. The lowest BCUT2D eigenvalue weighted by Gasteiger charge is -2.14. The topological polar surface area (TPSA) is 46.5 Å². The smallest absolute Gasteiger partial charge is 0.342 e. The molecule has 1 atom stereocenters. The molecule has 2 rings (SSSR count). The predicted molar refractivity (Wildman–Crippen MR) is 79.9 cm³/mol. The Bertz CT molecular complexity index is 631. The highest BCUT2D eigenvalue weighted by molar-refractivity contribution is 5.98. The zero-order valence-corrected chi connectivity index (χ0v) is 11.5. The van der Waals surface area contributed by atoms with Crippen molar-refractivity contribution < 1.29 is 14.6 Å². The van der Waals surface area contributed by atoms with Gasteiger partial charge in [-0.3, -0.25) is 0 Å². The average molecular weight is 270 g/mol. The fraction of sp³-hybridized carbons (Fsp3) is 0.235. The van der Waals surface area contributed by atoms with Crippen molar-refractivity contribution >= 4 is 16.7 Å². The molecule has 0 heterocycles. The number of fused-ring (bicyclic) bond motifs is 1. The summed E-state index contributed by atoms with van der Waals surface area (Å²) in [6, 6.07) is 10.8. The summed E-state index contributed by atoms with van der Waals surface area (Å²) in [6.07, 6.45) is 2.91. The minimum absolute atomic E-state index is 0.0620. The molecular weight excluding hydrogens is 252 g/mol. The molecule has 0 spiro atoms. The zero-order valence-electron chi connectivity index (χ0n) is 11.5. The molecule has 2 aromatic carbocycles. The number of carbonyl (C=O) groups is 1. The molecule has 20 heavy (non-hydrogen) atoms. The lowest BCUT2D eigenvalue weighted by Crippen LogP contribution is -2.16. The molecule has 0 amide bonds. The van der Waals surface area contributed by atoms with Gasteiger partial charge in [0.05, 0.1) is 0 Å². The minimum atomic E-state index is -0.522. The molecule has 0 aliphatic heterocycles. The monoisotopic (exact) mass is 270 g/mol. The highest BCUT2D eigenvalue weighted by Crippen LogP contribution is 2.26. The van der Waals surface area contributed by atoms with Gasteiger partial charge in [-0.15, -0.1) is 0 Å². The van der Waals surface area contributed by atoms with Crippen LogP contribution in [-0.4, -0.2) is 17.2 Å². The Balaban J connectivity index is 2.29. The Morgan fingerprint density at radius 2 is 2.00 bits per heavy atom.